The fourth-order valence-electron chi connectivity index (χ4n) is 2.47. The lowest BCUT2D eigenvalue weighted by atomic mass is 9.76. The van der Waals surface area contributed by atoms with Gasteiger partial charge in [0.2, 0.25) is 0 Å². The van der Waals surface area contributed by atoms with E-state index in [1.54, 1.807) is 0 Å². The maximum atomic E-state index is 5.57. The zero-order valence-electron chi connectivity index (χ0n) is 11.9. The van der Waals surface area contributed by atoms with Gasteiger partial charge in [-0.3, -0.25) is 0 Å². The molecule has 0 bridgehead atoms. The highest BCUT2D eigenvalue weighted by molar-refractivity contribution is 9.10. The Hall–Kier alpha value is -0.380. The maximum Gasteiger partial charge on any atom is 0.0591 e. The molecular formula is C16H24BrNO. The summed E-state index contributed by atoms with van der Waals surface area (Å²) in [6.45, 7) is 7.04. The first-order valence-corrected chi connectivity index (χ1v) is 8.01. The van der Waals surface area contributed by atoms with Crippen molar-refractivity contribution < 1.29 is 4.74 Å². The Morgan fingerprint density at radius 2 is 2.16 bits per heavy atom. The molecular weight excluding hydrogens is 302 g/mol. The van der Waals surface area contributed by atoms with Crippen LogP contribution in [0.15, 0.2) is 28.7 Å². The topological polar surface area (TPSA) is 21.3 Å². The molecule has 1 N–H and O–H groups in total. The summed E-state index contributed by atoms with van der Waals surface area (Å²) in [5, 5.41) is 3.57. The van der Waals surface area contributed by atoms with E-state index in [-0.39, 0.29) is 0 Å². The van der Waals surface area contributed by atoms with Crippen molar-refractivity contribution in [2.24, 2.45) is 5.92 Å². The molecule has 0 heterocycles. The van der Waals surface area contributed by atoms with Crippen LogP contribution in [0.1, 0.15) is 38.2 Å². The van der Waals surface area contributed by atoms with Crippen LogP contribution >= 0.6 is 15.9 Å². The SMILES string of the molecule is CC(C)COCCNC1CC(c2cccc(Br)c2)C1. The van der Waals surface area contributed by atoms with Crippen molar-refractivity contribution in [1.29, 1.82) is 0 Å². The second kappa shape index (κ2) is 7.41. The monoisotopic (exact) mass is 325 g/mol. The van der Waals surface area contributed by atoms with Crippen LogP contribution in [0.25, 0.3) is 0 Å². The van der Waals surface area contributed by atoms with Crippen molar-refractivity contribution in [3.63, 3.8) is 0 Å². The summed E-state index contributed by atoms with van der Waals surface area (Å²) >= 11 is 3.54. The predicted molar refractivity (Wildman–Crippen MR) is 83.6 cm³/mol. The highest BCUT2D eigenvalue weighted by Gasteiger charge is 2.29. The molecule has 3 heteroatoms. The van der Waals surface area contributed by atoms with E-state index in [9.17, 15) is 0 Å². The van der Waals surface area contributed by atoms with Gasteiger partial charge >= 0.3 is 0 Å². The molecule has 19 heavy (non-hydrogen) atoms. The molecule has 0 unspecified atom stereocenters. The van der Waals surface area contributed by atoms with Crippen LogP contribution in [-0.4, -0.2) is 25.8 Å². The van der Waals surface area contributed by atoms with E-state index in [1.807, 2.05) is 0 Å². The molecule has 1 aromatic carbocycles. The van der Waals surface area contributed by atoms with Crippen molar-refractivity contribution in [2.75, 3.05) is 19.8 Å². The summed E-state index contributed by atoms with van der Waals surface area (Å²) in [6, 6.07) is 9.36. The molecule has 106 valence electrons. The molecule has 0 aromatic heterocycles. The van der Waals surface area contributed by atoms with E-state index in [0.29, 0.717) is 12.0 Å². The molecule has 0 amide bonds. The Morgan fingerprint density at radius 3 is 2.84 bits per heavy atom. The lowest BCUT2D eigenvalue weighted by Crippen LogP contribution is -2.41. The average molecular weight is 326 g/mol. The first kappa shape index (κ1) is 15.0. The van der Waals surface area contributed by atoms with E-state index < -0.39 is 0 Å². The van der Waals surface area contributed by atoms with Crippen LogP contribution in [0.2, 0.25) is 0 Å². The van der Waals surface area contributed by atoms with Crippen molar-refractivity contribution in [3.8, 4) is 0 Å². The third-order valence-electron chi connectivity index (χ3n) is 3.59. The first-order valence-electron chi connectivity index (χ1n) is 7.21. The van der Waals surface area contributed by atoms with Crippen LogP contribution in [0.5, 0.6) is 0 Å². The summed E-state index contributed by atoms with van der Waals surface area (Å²) in [5.41, 5.74) is 1.46. The molecule has 1 saturated carbocycles. The molecule has 0 spiro atoms. The quantitative estimate of drug-likeness (QED) is 0.766. The summed E-state index contributed by atoms with van der Waals surface area (Å²) in [4.78, 5) is 0. The first-order chi connectivity index (χ1) is 9.15. The van der Waals surface area contributed by atoms with E-state index in [1.165, 1.54) is 22.9 Å². The highest BCUT2D eigenvalue weighted by Crippen LogP contribution is 2.37. The number of nitrogens with one attached hydrogen (secondary N) is 1. The van der Waals surface area contributed by atoms with Gasteiger partial charge in [-0.15, -0.1) is 0 Å². The molecule has 0 saturated heterocycles. The van der Waals surface area contributed by atoms with Crippen molar-refractivity contribution in [1.82, 2.24) is 5.32 Å². The Balaban J connectivity index is 1.59. The van der Waals surface area contributed by atoms with Gasteiger partial charge in [-0.2, -0.15) is 0 Å². The highest BCUT2D eigenvalue weighted by atomic mass is 79.9. The van der Waals surface area contributed by atoms with Gasteiger partial charge in [0, 0.05) is 23.7 Å². The third-order valence-corrected chi connectivity index (χ3v) is 4.08. The van der Waals surface area contributed by atoms with Crippen LogP contribution in [-0.2, 0) is 4.74 Å². The Bertz CT molecular complexity index is 388. The predicted octanol–water partition coefficient (Wildman–Crippen LogP) is 3.96. The molecule has 0 aliphatic heterocycles. The molecule has 2 nitrogen and oxygen atoms in total. The van der Waals surface area contributed by atoms with Crippen molar-refractivity contribution in [3.05, 3.63) is 34.3 Å². The molecule has 1 aliphatic rings. The minimum Gasteiger partial charge on any atom is -0.380 e. The Labute approximate surface area is 125 Å². The Kier molecular flexibility index (Phi) is 5.86. The van der Waals surface area contributed by atoms with E-state index in [0.717, 1.165) is 25.7 Å². The van der Waals surface area contributed by atoms with Gasteiger partial charge in [0.05, 0.1) is 6.61 Å². The number of halogens is 1. The number of hydrogen-bond donors (Lipinski definition) is 1. The lowest BCUT2D eigenvalue weighted by molar-refractivity contribution is 0.106. The third kappa shape index (κ3) is 4.90. The average Bonchev–Trinajstić information content (AvgIpc) is 2.30. The van der Waals surface area contributed by atoms with Gasteiger partial charge in [-0.25, -0.2) is 0 Å². The normalized spacial score (nSPS) is 22.5. The molecule has 1 aliphatic carbocycles. The van der Waals surface area contributed by atoms with Crippen LogP contribution in [0, 0.1) is 5.92 Å². The standard InChI is InChI=1S/C16H24BrNO/c1-12(2)11-19-7-6-18-16-9-14(10-16)13-4-3-5-15(17)8-13/h3-5,8,12,14,16,18H,6-7,9-11H2,1-2H3. The van der Waals surface area contributed by atoms with Crippen LogP contribution < -0.4 is 5.32 Å². The largest absolute Gasteiger partial charge is 0.380 e. The molecule has 0 atom stereocenters. The second-order valence-electron chi connectivity index (χ2n) is 5.84. The van der Waals surface area contributed by atoms with Gasteiger partial charge in [0.25, 0.3) is 0 Å². The molecule has 0 radical (unpaired) electrons. The molecule has 2 rings (SSSR count). The van der Waals surface area contributed by atoms with Gasteiger partial charge in [-0.05, 0) is 42.4 Å². The smallest absolute Gasteiger partial charge is 0.0591 e. The van der Waals surface area contributed by atoms with Gasteiger partial charge in [0.15, 0.2) is 0 Å². The fourth-order valence-corrected chi connectivity index (χ4v) is 2.89. The lowest BCUT2D eigenvalue weighted by Gasteiger charge is -2.36. The summed E-state index contributed by atoms with van der Waals surface area (Å²) in [6.07, 6.45) is 2.50. The number of rotatable bonds is 7. The van der Waals surface area contributed by atoms with Gasteiger partial charge in [-0.1, -0.05) is 41.9 Å². The Morgan fingerprint density at radius 1 is 1.37 bits per heavy atom. The second-order valence-corrected chi connectivity index (χ2v) is 6.76. The number of hydrogen-bond acceptors (Lipinski definition) is 2. The minimum absolute atomic E-state index is 0.629. The van der Waals surface area contributed by atoms with Gasteiger partial charge in [0.1, 0.15) is 0 Å². The van der Waals surface area contributed by atoms with Crippen molar-refractivity contribution in [2.45, 2.75) is 38.6 Å². The summed E-state index contributed by atoms with van der Waals surface area (Å²) in [5.74, 6) is 1.36. The van der Waals surface area contributed by atoms with E-state index in [4.69, 9.17) is 4.74 Å². The fraction of sp³-hybridized carbons (Fsp3) is 0.625. The number of benzene rings is 1. The summed E-state index contributed by atoms with van der Waals surface area (Å²) in [7, 11) is 0. The number of ether oxygens (including phenoxy) is 1. The van der Waals surface area contributed by atoms with Gasteiger partial charge < -0.3 is 10.1 Å². The van der Waals surface area contributed by atoms with E-state index >= 15 is 0 Å². The van der Waals surface area contributed by atoms with Crippen LogP contribution in [0.4, 0.5) is 0 Å². The molecule has 1 fully saturated rings. The zero-order valence-corrected chi connectivity index (χ0v) is 13.4. The van der Waals surface area contributed by atoms with E-state index in [2.05, 4.69) is 59.4 Å². The summed E-state index contributed by atoms with van der Waals surface area (Å²) < 4.78 is 6.76. The van der Waals surface area contributed by atoms with Crippen LogP contribution in [0.3, 0.4) is 0 Å². The minimum atomic E-state index is 0.629. The zero-order chi connectivity index (χ0) is 13.7. The molecule has 1 aromatic rings. The maximum absolute atomic E-state index is 5.57. The van der Waals surface area contributed by atoms with Crippen molar-refractivity contribution >= 4 is 15.9 Å².